The van der Waals surface area contributed by atoms with Crippen molar-refractivity contribution in [2.24, 2.45) is 0 Å². The number of nitrogens with zero attached hydrogens (tertiary/aromatic N) is 1. The highest BCUT2D eigenvalue weighted by Gasteiger charge is 2.32. The van der Waals surface area contributed by atoms with Crippen molar-refractivity contribution in [1.82, 2.24) is 10.2 Å². The normalized spacial score (nSPS) is 22.5. The molecule has 0 aromatic heterocycles. The lowest BCUT2D eigenvalue weighted by Crippen LogP contribution is -2.51. The molecule has 2 amide bonds. The number of carbonyl (C=O) groups excluding carboxylic acids is 3. The van der Waals surface area contributed by atoms with E-state index in [1.165, 1.54) is 12.0 Å². The minimum absolute atomic E-state index is 0.00988. The van der Waals surface area contributed by atoms with E-state index in [2.05, 4.69) is 10.1 Å². The Morgan fingerprint density at radius 2 is 1.92 bits per heavy atom. The maximum atomic E-state index is 12.8. The Hall–Kier alpha value is -1.64. The third-order valence-electron chi connectivity index (χ3n) is 3.72. The zero-order valence-electron chi connectivity index (χ0n) is 15.5. The van der Waals surface area contributed by atoms with E-state index in [0.29, 0.717) is 25.3 Å². The van der Waals surface area contributed by atoms with E-state index in [1.807, 2.05) is 6.92 Å². The largest absolute Gasteiger partial charge is 0.469 e. The van der Waals surface area contributed by atoms with Crippen molar-refractivity contribution in [3.63, 3.8) is 0 Å². The number of hydrogen-bond donors (Lipinski definition) is 1. The molecule has 1 N–H and O–H groups in total. The molecule has 0 aromatic carbocycles. The Morgan fingerprint density at radius 1 is 1.28 bits per heavy atom. The SMILES string of the molecule is COC(=O)C[C@@H](NC(=O)OC(C)(C)C)C(=O)N1CCC(C)S(=O)CC1. The molecule has 144 valence electrons. The highest BCUT2D eigenvalue weighted by molar-refractivity contribution is 7.85. The number of rotatable bonds is 4. The first-order chi connectivity index (χ1) is 11.5. The Morgan fingerprint density at radius 3 is 2.48 bits per heavy atom. The standard InChI is InChI=1S/C16H28N2O6S/c1-11-6-7-18(8-9-25(11)22)14(20)12(10-13(19)23-5)17-15(21)24-16(2,3)4/h11-12H,6-10H2,1-5H3,(H,17,21)/t11?,12-,25?/m1/s1. The summed E-state index contributed by atoms with van der Waals surface area (Å²) in [5.41, 5.74) is -0.724. The van der Waals surface area contributed by atoms with Gasteiger partial charge in [0.2, 0.25) is 5.91 Å². The quantitative estimate of drug-likeness (QED) is 0.729. The van der Waals surface area contributed by atoms with Crippen molar-refractivity contribution in [2.75, 3.05) is 26.0 Å². The van der Waals surface area contributed by atoms with Gasteiger partial charge >= 0.3 is 12.1 Å². The molecule has 0 saturated carbocycles. The third-order valence-corrected chi connectivity index (χ3v) is 5.43. The van der Waals surface area contributed by atoms with Crippen molar-refractivity contribution in [2.45, 2.75) is 57.4 Å². The maximum Gasteiger partial charge on any atom is 0.408 e. The van der Waals surface area contributed by atoms with Crippen molar-refractivity contribution in [1.29, 1.82) is 0 Å². The predicted molar refractivity (Wildman–Crippen MR) is 93.5 cm³/mol. The third kappa shape index (κ3) is 7.41. The lowest BCUT2D eigenvalue weighted by atomic mass is 10.1. The van der Waals surface area contributed by atoms with Gasteiger partial charge in [0.1, 0.15) is 11.6 Å². The molecule has 1 rings (SSSR count). The molecule has 1 fully saturated rings. The van der Waals surface area contributed by atoms with Crippen LogP contribution in [0.1, 0.15) is 40.5 Å². The average molecular weight is 376 g/mol. The van der Waals surface area contributed by atoms with Crippen LogP contribution in [-0.4, -0.2) is 69.9 Å². The number of ether oxygens (including phenoxy) is 2. The number of alkyl carbamates (subject to hydrolysis) is 1. The number of esters is 1. The highest BCUT2D eigenvalue weighted by atomic mass is 32.2. The lowest BCUT2D eigenvalue weighted by molar-refractivity contribution is -0.145. The molecule has 1 aliphatic rings. The van der Waals surface area contributed by atoms with E-state index in [4.69, 9.17) is 4.74 Å². The Labute approximate surface area is 151 Å². The number of carbonyl (C=O) groups is 3. The van der Waals surface area contributed by atoms with Gasteiger partial charge in [-0.1, -0.05) is 6.92 Å². The van der Waals surface area contributed by atoms with E-state index in [0.717, 1.165) is 0 Å². The topological polar surface area (TPSA) is 102 Å². The van der Waals surface area contributed by atoms with E-state index < -0.39 is 40.4 Å². The summed E-state index contributed by atoms with van der Waals surface area (Å²) in [6.45, 7) is 7.75. The fourth-order valence-corrected chi connectivity index (χ4v) is 3.49. The molecule has 0 aromatic rings. The van der Waals surface area contributed by atoms with Gasteiger partial charge in [0.05, 0.1) is 13.5 Å². The predicted octanol–water partition coefficient (Wildman–Crippen LogP) is 0.812. The van der Waals surface area contributed by atoms with E-state index in [9.17, 15) is 18.6 Å². The zero-order chi connectivity index (χ0) is 19.2. The summed E-state index contributed by atoms with van der Waals surface area (Å²) in [7, 11) is 0.230. The van der Waals surface area contributed by atoms with E-state index >= 15 is 0 Å². The van der Waals surface area contributed by atoms with Gasteiger partial charge in [0.25, 0.3) is 0 Å². The average Bonchev–Trinajstić information content (AvgIpc) is 2.66. The van der Waals surface area contributed by atoms with Gasteiger partial charge in [-0.2, -0.15) is 0 Å². The number of hydrogen-bond acceptors (Lipinski definition) is 6. The molecule has 9 heteroatoms. The van der Waals surface area contributed by atoms with Crippen molar-refractivity contribution >= 4 is 28.8 Å². The van der Waals surface area contributed by atoms with Crippen LogP contribution in [0.2, 0.25) is 0 Å². The smallest absolute Gasteiger partial charge is 0.408 e. The number of methoxy groups -OCH3 is 1. The molecule has 1 aliphatic heterocycles. The molecule has 25 heavy (non-hydrogen) atoms. The fraction of sp³-hybridized carbons (Fsp3) is 0.812. The van der Waals surface area contributed by atoms with Crippen LogP contribution in [0.3, 0.4) is 0 Å². The van der Waals surface area contributed by atoms with Crippen LogP contribution < -0.4 is 5.32 Å². The first kappa shape index (κ1) is 21.4. The number of nitrogens with one attached hydrogen (secondary N) is 1. The van der Waals surface area contributed by atoms with Gasteiger partial charge in [-0.3, -0.25) is 13.8 Å². The molecule has 0 bridgehead atoms. The summed E-state index contributed by atoms with van der Waals surface area (Å²) < 4.78 is 21.7. The van der Waals surface area contributed by atoms with Crippen LogP contribution >= 0.6 is 0 Å². The summed E-state index contributed by atoms with van der Waals surface area (Å²) in [5, 5.41) is 2.46. The van der Waals surface area contributed by atoms with E-state index in [-0.39, 0.29) is 11.7 Å². The van der Waals surface area contributed by atoms with E-state index in [1.54, 1.807) is 20.8 Å². The molecule has 0 radical (unpaired) electrons. The van der Waals surface area contributed by atoms with Crippen molar-refractivity contribution in [3.05, 3.63) is 0 Å². The summed E-state index contributed by atoms with van der Waals surface area (Å²) in [5.74, 6) is -0.631. The van der Waals surface area contributed by atoms with Gasteiger partial charge < -0.3 is 19.7 Å². The molecule has 1 saturated heterocycles. The minimum Gasteiger partial charge on any atom is -0.469 e. The molecular weight excluding hydrogens is 348 g/mol. The summed E-state index contributed by atoms with van der Waals surface area (Å²) in [4.78, 5) is 37.9. The fourth-order valence-electron chi connectivity index (χ4n) is 2.32. The Kier molecular flexibility index (Phi) is 7.85. The van der Waals surface area contributed by atoms with Crippen molar-refractivity contribution < 1.29 is 28.1 Å². The summed E-state index contributed by atoms with van der Waals surface area (Å²) in [6.07, 6.45) is -0.457. The molecule has 3 atom stereocenters. The Balaban J connectivity index is 2.83. The first-order valence-corrected chi connectivity index (χ1v) is 9.64. The van der Waals surface area contributed by atoms with Crippen LogP contribution in [0.15, 0.2) is 0 Å². The summed E-state index contributed by atoms with van der Waals surface area (Å²) in [6, 6.07) is -1.08. The zero-order valence-corrected chi connectivity index (χ0v) is 16.3. The molecule has 1 heterocycles. The van der Waals surface area contributed by atoms with Crippen LogP contribution in [-0.2, 0) is 29.9 Å². The van der Waals surface area contributed by atoms with Gasteiger partial charge in [0.15, 0.2) is 0 Å². The lowest BCUT2D eigenvalue weighted by Gasteiger charge is -2.27. The molecule has 8 nitrogen and oxygen atoms in total. The van der Waals surface area contributed by atoms with Crippen molar-refractivity contribution in [3.8, 4) is 0 Å². The molecular formula is C16H28N2O6S. The number of amides is 2. The second kappa shape index (κ2) is 9.17. The van der Waals surface area contributed by atoms with Gasteiger partial charge in [-0.05, 0) is 27.2 Å². The molecule has 0 aliphatic carbocycles. The van der Waals surface area contributed by atoms with Gasteiger partial charge in [-0.15, -0.1) is 0 Å². The van der Waals surface area contributed by atoms with Gasteiger partial charge in [-0.25, -0.2) is 4.79 Å². The second-order valence-corrected chi connectivity index (χ2v) is 8.96. The first-order valence-electron chi connectivity index (χ1n) is 8.25. The molecule has 2 unspecified atom stereocenters. The van der Waals surface area contributed by atoms with Crippen LogP contribution in [0.25, 0.3) is 0 Å². The Bertz CT molecular complexity index is 531. The maximum absolute atomic E-state index is 12.8. The van der Waals surface area contributed by atoms with Gasteiger partial charge in [0, 0.05) is 34.9 Å². The van der Waals surface area contributed by atoms with Crippen LogP contribution in [0, 0.1) is 0 Å². The van der Waals surface area contributed by atoms with Crippen LogP contribution in [0.4, 0.5) is 4.79 Å². The monoisotopic (exact) mass is 376 g/mol. The second-order valence-electron chi connectivity index (χ2n) is 6.99. The highest BCUT2D eigenvalue weighted by Crippen LogP contribution is 2.13. The minimum atomic E-state index is -1.08. The van der Waals surface area contributed by atoms with Crippen LogP contribution in [0.5, 0.6) is 0 Å². The molecule has 0 spiro atoms. The summed E-state index contributed by atoms with van der Waals surface area (Å²) >= 11 is 0.